The Labute approximate surface area is 93.1 Å². The van der Waals surface area contributed by atoms with Gasteiger partial charge in [-0.15, -0.1) is 0 Å². The van der Waals surface area contributed by atoms with Gasteiger partial charge in [-0.05, 0) is 5.92 Å². The van der Waals surface area contributed by atoms with Gasteiger partial charge in [-0.1, -0.05) is 13.8 Å². The Morgan fingerprint density at radius 1 is 1.31 bits per heavy atom. The van der Waals surface area contributed by atoms with E-state index in [2.05, 4.69) is 14.9 Å². The number of H-pyrrole nitrogens is 1. The second-order valence-electron chi connectivity index (χ2n) is 4.13. The van der Waals surface area contributed by atoms with E-state index in [1.807, 2.05) is 13.8 Å². The van der Waals surface area contributed by atoms with Crippen LogP contribution in [-0.2, 0) is 22.3 Å². The van der Waals surface area contributed by atoms with Gasteiger partial charge >= 0.3 is 0 Å². The average Bonchev–Trinajstić information content (AvgIpc) is 2.15. The van der Waals surface area contributed by atoms with Gasteiger partial charge < -0.3 is 0 Å². The summed E-state index contributed by atoms with van der Waals surface area (Å²) in [6, 6.07) is 0. The summed E-state index contributed by atoms with van der Waals surface area (Å²) >= 11 is 0. The summed E-state index contributed by atoms with van der Waals surface area (Å²) in [6.45, 7) is 3.88. The quantitative estimate of drug-likeness (QED) is 0.716. The van der Waals surface area contributed by atoms with Crippen molar-refractivity contribution in [2.75, 3.05) is 0 Å². The predicted molar refractivity (Wildman–Crippen MR) is 58.4 cm³/mol. The summed E-state index contributed by atoms with van der Waals surface area (Å²) < 4.78 is 25.2. The Hall–Kier alpha value is -1.21. The van der Waals surface area contributed by atoms with Crippen molar-refractivity contribution >= 4 is 10.0 Å². The number of nitrogens with zero attached hydrogens (tertiary/aromatic N) is 1. The molecular weight excluding hydrogens is 230 g/mol. The summed E-state index contributed by atoms with van der Waals surface area (Å²) in [4.78, 5) is 11.5. The maximum Gasteiger partial charge on any atom is 0.269 e. The number of sulfonamides is 1. The molecule has 16 heavy (non-hydrogen) atoms. The van der Waals surface area contributed by atoms with Crippen LogP contribution in [0.4, 0.5) is 0 Å². The van der Waals surface area contributed by atoms with Gasteiger partial charge in [0.15, 0.2) is 0 Å². The number of hydrogen-bond acceptors (Lipinski definition) is 4. The highest BCUT2D eigenvalue weighted by molar-refractivity contribution is 7.88. The summed E-state index contributed by atoms with van der Waals surface area (Å²) in [5.74, 6) is -0.0776. The zero-order valence-electron chi connectivity index (χ0n) is 9.07. The van der Waals surface area contributed by atoms with Crippen LogP contribution < -0.4 is 10.3 Å². The van der Waals surface area contributed by atoms with Crippen molar-refractivity contribution in [2.24, 2.45) is 0 Å². The number of fused-ring (bicyclic) bond motifs is 1. The standard InChI is InChI=1S/C9H13N3O3S/c1-5(2)8-7-4-16(14,15)10-3-6(7)9(13)12-11-8/h5,10H,3-4H2,1-2H3,(H,12,13). The highest BCUT2D eigenvalue weighted by Crippen LogP contribution is 2.22. The molecule has 2 N–H and O–H groups in total. The minimum absolute atomic E-state index is 0.0508. The Morgan fingerprint density at radius 3 is 2.62 bits per heavy atom. The summed E-state index contributed by atoms with van der Waals surface area (Å²) in [5, 5.41) is 6.32. The van der Waals surface area contributed by atoms with E-state index in [1.165, 1.54) is 0 Å². The molecule has 0 atom stereocenters. The molecule has 0 aromatic carbocycles. The number of rotatable bonds is 1. The lowest BCUT2D eigenvalue weighted by atomic mass is 10.0. The van der Waals surface area contributed by atoms with E-state index in [0.29, 0.717) is 16.8 Å². The first kappa shape index (κ1) is 11.3. The van der Waals surface area contributed by atoms with Gasteiger partial charge in [-0.3, -0.25) is 4.79 Å². The van der Waals surface area contributed by atoms with Crippen molar-refractivity contribution in [3.63, 3.8) is 0 Å². The molecule has 0 aliphatic carbocycles. The fraction of sp³-hybridized carbons (Fsp3) is 0.556. The lowest BCUT2D eigenvalue weighted by Gasteiger charge is -2.19. The van der Waals surface area contributed by atoms with Crippen LogP contribution in [0.15, 0.2) is 4.79 Å². The molecule has 88 valence electrons. The molecule has 0 fully saturated rings. The molecular formula is C9H13N3O3S. The van der Waals surface area contributed by atoms with E-state index in [-0.39, 0.29) is 23.8 Å². The van der Waals surface area contributed by atoms with Crippen LogP contribution in [0.2, 0.25) is 0 Å². The Morgan fingerprint density at radius 2 is 2.00 bits per heavy atom. The molecule has 1 aliphatic rings. The topological polar surface area (TPSA) is 91.9 Å². The average molecular weight is 243 g/mol. The van der Waals surface area contributed by atoms with E-state index < -0.39 is 10.0 Å². The molecule has 0 bridgehead atoms. The first-order valence-corrected chi connectivity index (χ1v) is 6.63. The van der Waals surface area contributed by atoms with E-state index >= 15 is 0 Å². The number of hydrogen-bond donors (Lipinski definition) is 2. The van der Waals surface area contributed by atoms with Gasteiger partial charge in [0.1, 0.15) is 0 Å². The van der Waals surface area contributed by atoms with Gasteiger partial charge in [-0.2, -0.15) is 5.10 Å². The molecule has 0 radical (unpaired) electrons. The largest absolute Gasteiger partial charge is 0.269 e. The molecule has 7 heteroatoms. The minimum Gasteiger partial charge on any atom is -0.268 e. The third kappa shape index (κ3) is 1.88. The van der Waals surface area contributed by atoms with Gasteiger partial charge in [0.05, 0.1) is 11.4 Å². The predicted octanol–water partition coefficient (Wildman–Crippen LogP) is -0.174. The SMILES string of the molecule is CC(C)c1n[nH]c(=O)c2c1CS(=O)(=O)NC2. The molecule has 0 saturated carbocycles. The molecule has 0 unspecified atom stereocenters. The van der Waals surface area contributed by atoms with Crippen molar-refractivity contribution in [3.8, 4) is 0 Å². The fourth-order valence-corrected chi connectivity index (χ4v) is 2.95. The molecule has 1 aromatic heterocycles. The monoisotopic (exact) mass is 243 g/mol. The van der Waals surface area contributed by atoms with Crippen LogP contribution in [0.25, 0.3) is 0 Å². The second kappa shape index (κ2) is 3.67. The molecule has 0 amide bonds. The Kier molecular flexibility index (Phi) is 2.59. The van der Waals surface area contributed by atoms with Crippen molar-refractivity contribution in [3.05, 3.63) is 27.2 Å². The molecule has 2 rings (SSSR count). The van der Waals surface area contributed by atoms with Crippen molar-refractivity contribution in [2.45, 2.75) is 32.1 Å². The highest BCUT2D eigenvalue weighted by atomic mass is 32.2. The third-order valence-electron chi connectivity index (χ3n) is 2.58. The number of aromatic amines is 1. The van der Waals surface area contributed by atoms with Crippen molar-refractivity contribution in [1.82, 2.24) is 14.9 Å². The van der Waals surface area contributed by atoms with Crippen LogP contribution in [0, 0.1) is 0 Å². The Balaban J connectivity index is 2.67. The zero-order chi connectivity index (χ0) is 11.9. The second-order valence-corrected chi connectivity index (χ2v) is 5.94. The molecule has 2 heterocycles. The van der Waals surface area contributed by atoms with Crippen LogP contribution in [0.3, 0.4) is 0 Å². The van der Waals surface area contributed by atoms with Crippen LogP contribution >= 0.6 is 0 Å². The highest BCUT2D eigenvalue weighted by Gasteiger charge is 2.26. The van der Waals surface area contributed by atoms with E-state index in [0.717, 1.165) is 0 Å². The lowest BCUT2D eigenvalue weighted by molar-refractivity contribution is 0.572. The maximum atomic E-state index is 11.5. The normalized spacial score (nSPS) is 18.4. The van der Waals surface area contributed by atoms with Crippen LogP contribution in [0.5, 0.6) is 0 Å². The van der Waals surface area contributed by atoms with E-state index in [4.69, 9.17) is 0 Å². The van der Waals surface area contributed by atoms with E-state index in [1.54, 1.807) is 0 Å². The molecule has 1 aliphatic heterocycles. The summed E-state index contributed by atoms with van der Waals surface area (Å²) in [6.07, 6.45) is 0. The number of aromatic nitrogens is 2. The zero-order valence-corrected chi connectivity index (χ0v) is 9.89. The summed E-state index contributed by atoms with van der Waals surface area (Å²) in [7, 11) is -3.31. The molecule has 0 saturated heterocycles. The summed E-state index contributed by atoms with van der Waals surface area (Å²) in [5.41, 5.74) is 1.37. The van der Waals surface area contributed by atoms with Crippen molar-refractivity contribution < 1.29 is 8.42 Å². The smallest absolute Gasteiger partial charge is 0.268 e. The van der Waals surface area contributed by atoms with Gasteiger partial charge in [0.25, 0.3) is 5.56 Å². The lowest BCUT2D eigenvalue weighted by Crippen LogP contribution is -2.36. The van der Waals surface area contributed by atoms with Gasteiger partial charge in [0.2, 0.25) is 10.0 Å². The van der Waals surface area contributed by atoms with Crippen molar-refractivity contribution in [1.29, 1.82) is 0 Å². The minimum atomic E-state index is -3.31. The Bertz CT molecular complexity index is 574. The maximum absolute atomic E-state index is 11.5. The van der Waals surface area contributed by atoms with Gasteiger partial charge in [-0.25, -0.2) is 18.2 Å². The number of nitrogens with one attached hydrogen (secondary N) is 2. The first-order chi connectivity index (χ1) is 7.41. The molecule has 1 aromatic rings. The third-order valence-corrected chi connectivity index (χ3v) is 3.83. The van der Waals surface area contributed by atoms with E-state index in [9.17, 15) is 13.2 Å². The first-order valence-electron chi connectivity index (χ1n) is 4.98. The fourth-order valence-electron chi connectivity index (χ4n) is 1.79. The van der Waals surface area contributed by atoms with Crippen LogP contribution in [0.1, 0.15) is 36.6 Å². The molecule has 6 nitrogen and oxygen atoms in total. The molecule has 0 spiro atoms. The van der Waals surface area contributed by atoms with Gasteiger partial charge in [0, 0.05) is 17.7 Å². The van der Waals surface area contributed by atoms with Crippen LogP contribution in [-0.4, -0.2) is 18.6 Å².